The van der Waals surface area contributed by atoms with Crippen LogP contribution in [0.4, 0.5) is 18.0 Å². The number of benzene rings is 2. The molecule has 1 heterocycles. The maximum atomic E-state index is 13.5. The van der Waals surface area contributed by atoms with Gasteiger partial charge >= 0.3 is 12.3 Å². The van der Waals surface area contributed by atoms with E-state index in [1.54, 1.807) is 35.9 Å². The first-order valence-corrected chi connectivity index (χ1v) is 13.9. The molecule has 0 spiro atoms. The van der Waals surface area contributed by atoms with Crippen molar-refractivity contribution in [2.75, 3.05) is 20.2 Å². The highest BCUT2D eigenvalue weighted by Crippen LogP contribution is 2.33. The van der Waals surface area contributed by atoms with Crippen molar-refractivity contribution >= 4 is 22.1 Å². The molecule has 0 saturated heterocycles. The lowest BCUT2D eigenvalue weighted by Crippen LogP contribution is -2.40. The van der Waals surface area contributed by atoms with Crippen LogP contribution in [0.15, 0.2) is 64.8 Å². The number of ether oxygens (including phenoxy) is 2. The van der Waals surface area contributed by atoms with Crippen LogP contribution in [0, 0.1) is 12.1 Å². The molecule has 232 valence electrons. The second-order valence-corrected chi connectivity index (χ2v) is 10.5. The van der Waals surface area contributed by atoms with E-state index in [4.69, 9.17) is 0 Å². The molecule has 0 aliphatic rings. The fourth-order valence-corrected chi connectivity index (χ4v) is 4.38. The summed E-state index contributed by atoms with van der Waals surface area (Å²) >= 11 is 0. The lowest BCUT2D eigenvalue weighted by atomic mass is 10.1. The average molecular weight is 629 g/mol. The van der Waals surface area contributed by atoms with Gasteiger partial charge in [-0.1, -0.05) is 29.8 Å². The zero-order valence-corrected chi connectivity index (χ0v) is 24.0. The molecule has 1 atom stereocenters. The zero-order chi connectivity index (χ0) is 31.9. The Balaban J connectivity index is 1.71. The van der Waals surface area contributed by atoms with E-state index in [1.807, 2.05) is 6.92 Å². The predicted octanol–water partition coefficient (Wildman–Crippen LogP) is 3.93. The van der Waals surface area contributed by atoms with Crippen molar-refractivity contribution in [3.63, 3.8) is 0 Å². The number of hydrazine groups is 1. The summed E-state index contributed by atoms with van der Waals surface area (Å²) in [5.74, 6) is -1.12. The molecular formula is C25H27F3N6O8S. The predicted molar refractivity (Wildman–Crippen MR) is 141 cm³/mol. The number of carbonyl (C=O) groups is 2. The van der Waals surface area contributed by atoms with E-state index in [-0.39, 0.29) is 27.9 Å². The van der Waals surface area contributed by atoms with Gasteiger partial charge in [0, 0.05) is 12.5 Å². The van der Waals surface area contributed by atoms with Crippen LogP contribution < -0.4 is 4.72 Å². The molecule has 1 aromatic heterocycles. The minimum absolute atomic E-state index is 0.0450. The molecule has 0 aliphatic carbocycles. The molecule has 2 aromatic carbocycles. The van der Waals surface area contributed by atoms with Crippen molar-refractivity contribution in [1.29, 1.82) is 0 Å². The summed E-state index contributed by atoms with van der Waals surface area (Å²) in [6.45, 7) is 3.87. The molecule has 0 fully saturated rings. The largest absolute Gasteiger partial charge is 0.569 e. The van der Waals surface area contributed by atoms with Crippen LogP contribution in [0.1, 0.15) is 25.1 Å². The summed E-state index contributed by atoms with van der Waals surface area (Å²) in [6, 6.07) is 12.2. The zero-order valence-electron chi connectivity index (χ0n) is 23.2. The van der Waals surface area contributed by atoms with Gasteiger partial charge in [-0.2, -0.15) is 18.3 Å². The fraction of sp³-hybridized carbons (Fsp3) is 0.320. The molecule has 18 heteroatoms. The quantitative estimate of drug-likeness (QED) is 0.108. The molecule has 0 saturated carbocycles. The summed E-state index contributed by atoms with van der Waals surface area (Å²) in [7, 11) is -3.35. The summed E-state index contributed by atoms with van der Waals surface area (Å²) in [5.41, 5.74) is 0.460. The number of alkyl halides is 3. The van der Waals surface area contributed by atoms with E-state index < -0.39 is 46.8 Å². The number of aromatic nitrogens is 2. The van der Waals surface area contributed by atoms with Crippen molar-refractivity contribution in [3.05, 3.63) is 71.1 Å². The number of amides is 1. The number of nitrogens with one attached hydrogen (secondary N) is 1. The third kappa shape index (κ3) is 8.81. The van der Waals surface area contributed by atoms with Crippen LogP contribution in [0.2, 0.25) is 0 Å². The maximum absolute atomic E-state index is 13.5. The van der Waals surface area contributed by atoms with Crippen LogP contribution in [0.3, 0.4) is 0 Å². The summed E-state index contributed by atoms with van der Waals surface area (Å²) in [4.78, 5) is 27.6. The summed E-state index contributed by atoms with van der Waals surface area (Å²) in [6.07, 6.45) is -7.09. The molecule has 1 N–H and O–H groups in total. The molecule has 1 unspecified atom stereocenters. The van der Waals surface area contributed by atoms with Gasteiger partial charge in [0.25, 0.3) is 22.2 Å². The number of rotatable bonds is 11. The monoisotopic (exact) mass is 628 g/mol. The van der Waals surface area contributed by atoms with Gasteiger partial charge in [0.2, 0.25) is 5.28 Å². The summed E-state index contributed by atoms with van der Waals surface area (Å²) in [5, 5.41) is 19.4. The topological polar surface area (TPSA) is 167 Å². The van der Waals surface area contributed by atoms with Gasteiger partial charge in [-0.05, 0) is 44.2 Å². The van der Waals surface area contributed by atoms with Gasteiger partial charge in [-0.3, -0.25) is 9.63 Å². The minimum atomic E-state index is -4.72. The van der Waals surface area contributed by atoms with Crippen molar-refractivity contribution in [2.45, 2.75) is 38.1 Å². The minimum Gasteiger partial charge on any atom is -0.569 e. The van der Waals surface area contributed by atoms with Crippen LogP contribution in [0.5, 0.6) is 0 Å². The number of halogens is 3. The maximum Gasteiger partial charge on any atom is 0.511 e. The first kappa shape index (κ1) is 32.6. The molecule has 14 nitrogen and oxygen atoms in total. The average Bonchev–Trinajstić information content (AvgIpc) is 3.38. The molecule has 3 rings (SSSR count). The Morgan fingerprint density at radius 1 is 1.16 bits per heavy atom. The van der Waals surface area contributed by atoms with E-state index in [0.29, 0.717) is 10.6 Å². The van der Waals surface area contributed by atoms with Crippen molar-refractivity contribution in [3.8, 4) is 16.9 Å². The Morgan fingerprint density at radius 3 is 2.37 bits per heavy atom. The molecule has 0 radical (unpaired) electrons. The van der Waals surface area contributed by atoms with Crippen molar-refractivity contribution < 1.29 is 50.5 Å². The van der Waals surface area contributed by atoms with Gasteiger partial charge in [0.1, 0.15) is 0 Å². The first-order valence-electron chi connectivity index (χ1n) is 12.4. The van der Waals surface area contributed by atoms with Crippen LogP contribution >= 0.6 is 0 Å². The van der Waals surface area contributed by atoms with Gasteiger partial charge in [-0.25, -0.2) is 22.6 Å². The number of hydrogen-bond donors (Lipinski definition) is 1. The van der Waals surface area contributed by atoms with Gasteiger partial charge in [0.05, 0.1) is 34.9 Å². The Labute approximate surface area is 243 Å². The molecule has 0 aliphatic heterocycles. The highest BCUT2D eigenvalue weighted by atomic mass is 32.2. The Kier molecular flexibility index (Phi) is 10.2. The Morgan fingerprint density at radius 2 is 1.79 bits per heavy atom. The van der Waals surface area contributed by atoms with E-state index in [9.17, 15) is 36.4 Å². The molecular weight excluding hydrogens is 601 g/mol. The van der Waals surface area contributed by atoms with E-state index in [2.05, 4.69) is 24.7 Å². The van der Waals surface area contributed by atoms with E-state index in [0.717, 1.165) is 35.5 Å². The lowest BCUT2D eigenvalue weighted by molar-refractivity contribution is -0.705. The fourth-order valence-electron chi connectivity index (χ4n) is 3.40. The highest BCUT2D eigenvalue weighted by molar-refractivity contribution is 7.90. The van der Waals surface area contributed by atoms with Crippen LogP contribution in [-0.4, -0.2) is 66.7 Å². The highest BCUT2D eigenvalue weighted by Gasteiger charge is 2.35. The summed E-state index contributed by atoms with van der Waals surface area (Å²) < 4.78 is 77.8. The Hall–Kier alpha value is -4.87. The molecule has 1 amide bonds. The van der Waals surface area contributed by atoms with Gasteiger partial charge in [-0.15, -0.1) is 5.01 Å². The van der Waals surface area contributed by atoms with Crippen molar-refractivity contribution in [1.82, 2.24) is 19.5 Å². The van der Waals surface area contributed by atoms with Crippen LogP contribution in [0.25, 0.3) is 16.9 Å². The van der Waals surface area contributed by atoms with Crippen LogP contribution in [-0.2, 0) is 35.3 Å². The van der Waals surface area contributed by atoms with E-state index in [1.165, 1.54) is 19.1 Å². The third-order valence-corrected chi connectivity index (χ3v) is 6.83. The number of hydrogen-bond acceptors (Lipinski definition) is 10. The third-order valence-electron chi connectivity index (χ3n) is 5.44. The standard InChI is InChI=1S/C25H27F3N6O8S/c1-5-40-24(36)41-17(3)42-31-34(37)32(4)15-23(35)30-43(38,39)20-12-10-19(11-13-20)33-21(14-22(29-33)25(26,27)28)18-8-6-16(2)7-9-18/h6-14,17H,5,15H2,1-4H3,(H,30,35)/b34-31-. The lowest BCUT2D eigenvalue weighted by Gasteiger charge is -2.14. The number of sulfonamides is 1. The molecule has 3 aromatic rings. The smallest absolute Gasteiger partial charge is 0.511 e. The second-order valence-electron chi connectivity index (χ2n) is 8.84. The molecule has 43 heavy (non-hydrogen) atoms. The number of aryl methyl sites for hydroxylation is 1. The van der Waals surface area contributed by atoms with Gasteiger partial charge in [0.15, 0.2) is 12.2 Å². The number of likely N-dealkylation sites (N-methyl/N-ethyl adjacent to an activating group) is 1. The first-order chi connectivity index (χ1) is 20.1. The van der Waals surface area contributed by atoms with E-state index >= 15 is 0 Å². The number of carbonyl (C=O) groups excluding carboxylic acids is 2. The number of nitrogens with zero attached hydrogens (tertiary/aromatic N) is 5. The SMILES string of the molecule is CCOC(=O)OC(C)O/N=[N+](\[O-])N(C)CC(=O)NS(=O)(=O)c1ccc(-n2nc(C(F)(F)F)cc2-c2ccc(C)cc2)cc1. The second kappa shape index (κ2) is 13.4. The Bertz CT molecular complexity index is 1580. The van der Waals surface area contributed by atoms with Crippen molar-refractivity contribution in [2.24, 2.45) is 5.28 Å². The normalized spacial score (nSPS) is 12.8. The molecule has 0 bridgehead atoms. The van der Waals surface area contributed by atoms with Gasteiger partial charge < -0.3 is 14.7 Å².